The summed E-state index contributed by atoms with van der Waals surface area (Å²) in [4.78, 5) is 0. The average Bonchev–Trinajstić information content (AvgIpc) is 1.82. The summed E-state index contributed by atoms with van der Waals surface area (Å²) in [5.74, 6) is -1.000. The first-order valence-corrected chi connectivity index (χ1v) is 4.37. The summed E-state index contributed by atoms with van der Waals surface area (Å²) in [6, 6.07) is 0. The molecule has 0 aromatic rings. The van der Waals surface area contributed by atoms with E-state index in [2.05, 4.69) is 6.58 Å². The van der Waals surface area contributed by atoms with Crippen LogP contribution in [0.15, 0.2) is 12.7 Å². The topological polar surface area (TPSA) is 97.7 Å². The number of hydrogen-bond acceptors (Lipinski definition) is 5. The third-order valence-electron chi connectivity index (χ3n) is 1.01. The van der Waals surface area contributed by atoms with E-state index in [1.807, 2.05) is 0 Å². The minimum Gasteiger partial charge on any atom is -0.748 e. The smallest absolute Gasteiger partial charge is 0.748 e. The first-order chi connectivity index (χ1) is 4.87. The first kappa shape index (κ1) is 15.1. The van der Waals surface area contributed by atoms with E-state index in [-0.39, 0.29) is 29.6 Å². The average molecular weight is 204 g/mol. The molecule has 0 heterocycles. The Labute approximate surface area is 93.1 Å². The van der Waals surface area contributed by atoms with Crippen LogP contribution >= 0.6 is 0 Å². The van der Waals surface area contributed by atoms with Gasteiger partial charge in [-0.1, -0.05) is 6.08 Å². The van der Waals surface area contributed by atoms with Gasteiger partial charge in [0.1, 0.15) is 0 Å². The second-order valence-electron chi connectivity index (χ2n) is 2.02. The van der Waals surface area contributed by atoms with E-state index in [0.717, 1.165) is 6.08 Å². The van der Waals surface area contributed by atoms with Crippen molar-refractivity contribution in [1.82, 2.24) is 0 Å². The summed E-state index contributed by atoms with van der Waals surface area (Å²) in [7, 11) is -4.49. The van der Waals surface area contributed by atoms with Gasteiger partial charge in [-0.15, -0.1) is 6.58 Å². The van der Waals surface area contributed by atoms with Gasteiger partial charge in [0.2, 0.25) is 0 Å². The van der Waals surface area contributed by atoms with Gasteiger partial charge in [0.25, 0.3) is 0 Å². The Morgan fingerprint density at radius 2 is 1.92 bits per heavy atom. The molecule has 0 aliphatic rings. The summed E-state index contributed by atoms with van der Waals surface area (Å²) in [5.41, 5.74) is 0. The molecule has 0 rings (SSSR count). The third-order valence-corrected chi connectivity index (χ3v) is 1.76. The molecule has 12 heavy (non-hydrogen) atoms. The van der Waals surface area contributed by atoms with E-state index < -0.39 is 28.1 Å². The Morgan fingerprint density at radius 1 is 1.50 bits per heavy atom. The second-order valence-corrected chi connectivity index (χ2v) is 3.47. The summed E-state index contributed by atoms with van der Waals surface area (Å²) >= 11 is 0. The van der Waals surface area contributed by atoms with Crippen LogP contribution in [-0.2, 0) is 10.1 Å². The second kappa shape index (κ2) is 6.09. The van der Waals surface area contributed by atoms with Crippen molar-refractivity contribution in [2.75, 3.05) is 5.75 Å². The van der Waals surface area contributed by atoms with E-state index in [0.29, 0.717) is 0 Å². The summed E-state index contributed by atoms with van der Waals surface area (Å²) in [5, 5.41) is 17.5. The van der Waals surface area contributed by atoms with Crippen LogP contribution in [0, 0.1) is 0 Å². The molecule has 0 spiro atoms. The first-order valence-electron chi connectivity index (χ1n) is 2.79. The molecule has 0 aromatic heterocycles. The Morgan fingerprint density at radius 3 is 2.17 bits per heavy atom. The molecule has 0 amide bonds. The van der Waals surface area contributed by atoms with E-state index in [1.165, 1.54) is 0 Å². The predicted octanol–water partition coefficient (Wildman–Crippen LogP) is -4.56. The minimum absolute atomic E-state index is 0. The monoisotopic (exact) mass is 204 g/mol. The molecule has 0 fully saturated rings. The SMILES string of the molecule is C=CC(O)C(O)CS(=O)(=O)[O-].[Na+]. The molecule has 2 unspecified atom stereocenters. The zero-order valence-electron chi connectivity index (χ0n) is 6.67. The molecule has 2 N–H and O–H groups in total. The van der Waals surface area contributed by atoms with Crippen molar-refractivity contribution < 1.29 is 52.7 Å². The van der Waals surface area contributed by atoms with Crippen LogP contribution in [0.4, 0.5) is 0 Å². The molecule has 0 saturated carbocycles. The largest absolute Gasteiger partial charge is 1.00 e. The maximum atomic E-state index is 10.0. The fourth-order valence-electron chi connectivity index (χ4n) is 0.465. The van der Waals surface area contributed by atoms with Gasteiger partial charge in [-0.25, -0.2) is 8.42 Å². The number of aliphatic hydroxyl groups is 2. The van der Waals surface area contributed by atoms with Gasteiger partial charge < -0.3 is 14.8 Å². The van der Waals surface area contributed by atoms with Crippen molar-refractivity contribution in [1.29, 1.82) is 0 Å². The van der Waals surface area contributed by atoms with Crippen molar-refractivity contribution in [2.45, 2.75) is 12.2 Å². The van der Waals surface area contributed by atoms with E-state index in [9.17, 15) is 13.0 Å². The Hall–Kier alpha value is 0.570. The zero-order valence-corrected chi connectivity index (χ0v) is 9.49. The standard InChI is InChI=1S/C5H10O5S.Na/c1-2-4(6)5(7)3-11(8,9)10;/h2,4-7H,1,3H2,(H,8,9,10);/q;+1/p-1. The van der Waals surface area contributed by atoms with Crippen LogP contribution < -0.4 is 29.6 Å². The number of hydrogen-bond donors (Lipinski definition) is 2. The Bertz CT molecular complexity index is 224. The van der Waals surface area contributed by atoms with Gasteiger partial charge in [0, 0.05) is 0 Å². The predicted molar refractivity (Wildman–Crippen MR) is 36.8 cm³/mol. The van der Waals surface area contributed by atoms with Crippen molar-refractivity contribution in [3.63, 3.8) is 0 Å². The van der Waals surface area contributed by atoms with Gasteiger partial charge in [0.15, 0.2) is 0 Å². The van der Waals surface area contributed by atoms with Crippen LogP contribution in [-0.4, -0.2) is 41.1 Å². The van der Waals surface area contributed by atoms with Crippen LogP contribution in [0.5, 0.6) is 0 Å². The van der Waals surface area contributed by atoms with Gasteiger partial charge in [-0.05, 0) is 0 Å². The number of aliphatic hydroxyl groups excluding tert-OH is 2. The van der Waals surface area contributed by atoms with Crippen molar-refractivity contribution in [2.24, 2.45) is 0 Å². The van der Waals surface area contributed by atoms with Gasteiger partial charge in [-0.3, -0.25) is 0 Å². The minimum atomic E-state index is -4.49. The molecule has 0 aliphatic carbocycles. The molecule has 0 saturated heterocycles. The number of rotatable bonds is 4. The van der Waals surface area contributed by atoms with E-state index in [1.54, 1.807) is 0 Å². The maximum Gasteiger partial charge on any atom is 1.00 e. The van der Waals surface area contributed by atoms with Crippen LogP contribution in [0.3, 0.4) is 0 Å². The quantitative estimate of drug-likeness (QED) is 0.273. The molecule has 0 bridgehead atoms. The molecular weight excluding hydrogens is 195 g/mol. The summed E-state index contributed by atoms with van der Waals surface area (Å²) in [6.45, 7) is 3.10. The van der Waals surface area contributed by atoms with Crippen LogP contribution in [0.25, 0.3) is 0 Å². The molecule has 7 heteroatoms. The van der Waals surface area contributed by atoms with Crippen molar-refractivity contribution in [3.8, 4) is 0 Å². The van der Waals surface area contributed by atoms with Gasteiger partial charge in [0.05, 0.1) is 28.1 Å². The fourth-order valence-corrected chi connectivity index (χ4v) is 1.08. The molecular formula is C5H9NaO5S. The van der Waals surface area contributed by atoms with Crippen LogP contribution in [0.2, 0.25) is 0 Å². The molecule has 0 aromatic carbocycles. The summed E-state index contributed by atoms with van der Waals surface area (Å²) in [6.07, 6.45) is -2.01. The Balaban J connectivity index is 0. The van der Waals surface area contributed by atoms with E-state index >= 15 is 0 Å². The van der Waals surface area contributed by atoms with Gasteiger partial charge >= 0.3 is 29.6 Å². The van der Waals surface area contributed by atoms with Crippen LogP contribution in [0.1, 0.15) is 0 Å². The van der Waals surface area contributed by atoms with Crippen molar-refractivity contribution >= 4 is 10.1 Å². The zero-order chi connectivity index (χ0) is 9.07. The van der Waals surface area contributed by atoms with Gasteiger partial charge in [-0.2, -0.15) is 0 Å². The Kier molecular flexibility index (Phi) is 7.64. The molecule has 5 nitrogen and oxygen atoms in total. The summed E-state index contributed by atoms with van der Waals surface area (Å²) < 4.78 is 30.0. The van der Waals surface area contributed by atoms with Crippen molar-refractivity contribution in [3.05, 3.63) is 12.7 Å². The molecule has 66 valence electrons. The molecule has 0 radical (unpaired) electrons. The van der Waals surface area contributed by atoms with E-state index in [4.69, 9.17) is 10.2 Å². The fraction of sp³-hybridized carbons (Fsp3) is 0.600. The molecule has 2 atom stereocenters. The maximum absolute atomic E-state index is 10.0. The molecule has 0 aliphatic heterocycles. The normalized spacial score (nSPS) is 15.9. The third kappa shape index (κ3) is 7.23.